The molecule has 3 atom stereocenters. The number of nitrogens with one attached hydrogen (secondary N) is 2. The molecule has 6 nitrogen and oxygen atoms in total. The molecule has 4 N–H and O–H groups in total. The molecule has 1 amide bonds. The smallest absolute Gasteiger partial charge is 0.270 e. The SMILES string of the molecule is CN1CCCC2CC(NC(=O)C(=N)c3ccc(-c4ccoc4)cc3N)CC21. The topological polar surface area (TPSA) is 95.4 Å². The quantitative estimate of drug-likeness (QED) is 0.573. The van der Waals surface area contributed by atoms with Crippen molar-refractivity contribution in [2.75, 3.05) is 19.3 Å². The molecule has 0 radical (unpaired) electrons. The van der Waals surface area contributed by atoms with Crippen molar-refractivity contribution in [3.05, 3.63) is 42.4 Å². The second-order valence-electron chi connectivity index (χ2n) is 7.78. The molecular weight excluding hydrogens is 340 g/mol. The van der Waals surface area contributed by atoms with Gasteiger partial charge in [-0.3, -0.25) is 10.2 Å². The van der Waals surface area contributed by atoms with Crippen molar-refractivity contribution in [3.63, 3.8) is 0 Å². The number of furan rings is 1. The highest BCUT2D eigenvalue weighted by molar-refractivity contribution is 6.45. The number of benzene rings is 1. The Bertz CT molecular complexity index is 846. The van der Waals surface area contributed by atoms with Gasteiger partial charge in [-0.25, -0.2) is 0 Å². The highest BCUT2D eigenvalue weighted by Crippen LogP contribution is 2.36. The molecule has 1 aromatic carbocycles. The predicted octanol–water partition coefficient (Wildman–Crippen LogP) is 2.89. The third-order valence-corrected chi connectivity index (χ3v) is 6.05. The van der Waals surface area contributed by atoms with Crippen LogP contribution in [0.25, 0.3) is 11.1 Å². The van der Waals surface area contributed by atoms with E-state index in [1.807, 2.05) is 12.1 Å². The van der Waals surface area contributed by atoms with Crippen molar-refractivity contribution in [2.24, 2.45) is 5.92 Å². The van der Waals surface area contributed by atoms with E-state index in [1.165, 1.54) is 12.8 Å². The van der Waals surface area contributed by atoms with Gasteiger partial charge in [-0.05, 0) is 69.0 Å². The highest BCUT2D eigenvalue weighted by Gasteiger charge is 2.39. The van der Waals surface area contributed by atoms with Crippen molar-refractivity contribution in [1.82, 2.24) is 10.2 Å². The number of carbonyl (C=O) groups excluding carboxylic acids is 1. The molecule has 1 saturated carbocycles. The van der Waals surface area contributed by atoms with Gasteiger partial charge in [0.25, 0.3) is 5.91 Å². The summed E-state index contributed by atoms with van der Waals surface area (Å²) < 4.78 is 5.10. The Kier molecular flexibility index (Phi) is 4.74. The molecule has 4 rings (SSSR count). The first-order chi connectivity index (χ1) is 13.0. The number of nitrogen functional groups attached to an aromatic ring is 1. The fourth-order valence-corrected chi connectivity index (χ4v) is 4.62. The van der Waals surface area contributed by atoms with E-state index in [9.17, 15) is 4.79 Å². The van der Waals surface area contributed by atoms with E-state index in [-0.39, 0.29) is 17.7 Å². The minimum Gasteiger partial charge on any atom is -0.472 e. The summed E-state index contributed by atoms with van der Waals surface area (Å²) in [6.45, 7) is 1.14. The second-order valence-corrected chi connectivity index (χ2v) is 7.78. The van der Waals surface area contributed by atoms with E-state index >= 15 is 0 Å². The van der Waals surface area contributed by atoms with Gasteiger partial charge in [0.05, 0.1) is 12.5 Å². The molecule has 1 saturated heterocycles. The zero-order valence-electron chi connectivity index (χ0n) is 15.6. The minimum absolute atomic E-state index is 0.0746. The standard InChI is InChI=1S/C21H26N4O2/c1-25-7-2-3-14-9-16(11-19(14)25)24-21(26)20(23)17-5-4-13(10-18(17)22)15-6-8-27-12-15/h4-6,8,10,12,14,16,19,23H,2-3,7,9,11,22H2,1H3,(H,24,26). The van der Waals surface area contributed by atoms with Crippen LogP contribution in [0.1, 0.15) is 31.2 Å². The maximum atomic E-state index is 12.6. The van der Waals surface area contributed by atoms with Crippen LogP contribution in [0.5, 0.6) is 0 Å². The van der Waals surface area contributed by atoms with Gasteiger partial charge < -0.3 is 20.4 Å². The molecule has 3 unspecified atom stereocenters. The van der Waals surface area contributed by atoms with Gasteiger partial charge in [0.1, 0.15) is 5.71 Å². The largest absolute Gasteiger partial charge is 0.472 e. The van der Waals surface area contributed by atoms with Gasteiger partial charge >= 0.3 is 0 Å². The number of likely N-dealkylation sites (tertiary alicyclic amines) is 1. The second kappa shape index (κ2) is 7.19. The Morgan fingerprint density at radius 2 is 2.15 bits per heavy atom. The molecule has 2 fully saturated rings. The lowest BCUT2D eigenvalue weighted by molar-refractivity contribution is -0.115. The van der Waals surface area contributed by atoms with Crippen LogP contribution in [0.4, 0.5) is 5.69 Å². The summed E-state index contributed by atoms with van der Waals surface area (Å²) in [7, 11) is 2.17. The molecule has 142 valence electrons. The summed E-state index contributed by atoms with van der Waals surface area (Å²) >= 11 is 0. The molecule has 0 bridgehead atoms. The number of amides is 1. The molecule has 2 heterocycles. The lowest BCUT2D eigenvalue weighted by Crippen LogP contribution is -2.41. The van der Waals surface area contributed by atoms with Crippen molar-refractivity contribution in [3.8, 4) is 11.1 Å². The average Bonchev–Trinajstić information content (AvgIpc) is 3.31. The number of nitrogens with zero attached hydrogens (tertiary/aromatic N) is 1. The van der Waals surface area contributed by atoms with Crippen LogP contribution in [-0.2, 0) is 4.79 Å². The predicted molar refractivity (Wildman–Crippen MR) is 106 cm³/mol. The summed E-state index contributed by atoms with van der Waals surface area (Å²) in [5, 5.41) is 11.4. The lowest BCUT2D eigenvalue weighted by atomic mass is 9.92. The van der Waals surface area contributed by atoms with Crippen LogP contribution < -0.4 is 11.1 Å². The molecular formula is C21H26N4O2. The van der Waals surface area contributed by atoms with Gasteiger partial charge in [0.2, 0.25) is 0 Å². The van der Waals surface area contributed by atoms with E-state index in [1.54, 1.807) is 24.7 Å². The van der Waals surface area contributed by atoms with Crippen LogP contribution >= 0.6 is 0 Å². The number of fused-ring (bicyclic) bond motifs is 1. The van der Waals surface area contributed by atoms with Crippen LogP contribution in [0.3, 0.4) is 0 Å². The first-order valence-corrected chi connectivity index (χ1v) is 9.55. The molecule has 1 aliphatic carbocycles. The first kappa shape index (κ1) is 17.8. The maximum Gasteiger partial charge on any atom is 0.270 e. The van der Waals surface area contributed by atoms with Crippen LogP contribution in [-0.4, -0.2) is 42.2 Å². The molecule has 1 aromatic heterocycles. The van der Waals surface area contributed by atoms with E-state index in [0.717, 1.165) is 30.5 Å². The van der Waals surface area contributed by atoms with Crippen LogP contribution in [0, 0.1) is 11.3 Å². The van der Waals surface area contributed by atoms with Crippen molar-refractivity contribution in [1.29, 1.82) is 5.41 Å². The Labute approximate surface area is 159 Å². The van der Waals surface area contributed by atoms with Gasteiger partial charge in [-0.1, -0.05) is 6.07 Å². The van der Waals surface area contributed by atoms with Gasteiger partial charge in [-0.15, -0.1) is 0 Å². The van der Waals surface area contributed by atoms with Gasteiger partial charge in [-0.2, -0.15) is 0 Å². The third kappa shape index (κ3) is 3.49. The summed E-state index contributed by atoms with van der Waals surface area (Å²) in [5.41, 5.74) is 8.77. The number of piperidine rings is 1. The minimum atomic E-state index is -0.343. The van der Waals surface area contributed by atoms with E-state index < -0.39 is 0 Å². The molecule has 2 aliphatic rings. The number of carbonyl (C=O) groups is 1. The number of hydrogen-bond acceptors (Lipinski definition) is 5. The fraction of sp³-hybridized carbons (Fsp3) is 0.429. The Morgan fingerprint density at radius 3 is 2.85 bits per heavy atom. The normalized spacial score (nSPS) is 25.1. The molecule has 0 spiro atoms. The zero-order chi connectivity index (χ0) is 19.0. The maximum absolute atomic E-state index is 12.6. The molecule has 1 aliphatic heterocycles. The highest BCUT2D eigenvalue weighted by atomic mass is 16.3. The van der Waals surface area contributed by atoms with Gasteiger partial charge in [0.15, 0.2) is 0 Å². The van der Waals surface area contributed by atoms with Crippen molar-refractivity contribution < 1.29 is 9.21 Å². The average molecular weight is 366 g/mol. The summed E-state index contributed by atoms with van der Waals surface area (Å²) in [6, 6.07) is 7.92. The number of hydrogen-bond donors (Lipinski definition) is 3. The Morgan fingerprint density at radius 1 is 1.30 bits per heavy atom. The van der Waals surface area contributed by atoms with Crippen LogP contribution in [0.15, 0.2) is 41.2 Å². The Hall–Kier alpha value is -2.60. The van der Waals surface area contributed by atoms with Crippen LogP contribution in [0.2, 0.25) is 0 Å². The summed E-state index contributed by atoms with van der Waals surface area (Å²) in [5.74, 6) is 0.312. The van der Waals surface area contributed by atoms with E-state index in [0.29, 0.717) is 23.2 Å². The molecule has 6 heteroatoms. The first-order valence-electron chi connectivity index (χ1n) is 9.55. The lowest BCUT2D eigenvalue weighted by Gasteiger charge is -2.34. The van der Waals surface area contributed by atoms with E-state index in [2.05, 4.69) is 17.3 Å². The molecule has 27 heavy (non-hydrogen) atoms. The van der Waals surface area contributed by atoms with Crippen molar-refractivity contribution in [2.45, 2.75) is 37.8 Å². The Balaban J connectivity index is 1.43. The van der Waals surface area contributed by atoms with Gasteiger partial charge in [0, 0.05) is 28.9 Å². The third-order valence-electron chi connectivity index (χ3n) is 6.05. The summed E-state index contributed by atoms with van der Waals surface area (Å²) in [6.07, 6.45) is 7.68. The number of anilines is 1. The molecule has 2 aromatic rings. The van der Waals surface area contributed by atoms with Crippen molar-refractivity contribution >= 4 is 17.3 Å². The fourth-order valence-electron chi connectivity index (χ4n) is 4.62. The van der Waals surface area contributed by atoms with E-state index in [4.69, 9.17) is 15.6 Å². The summed E-state index contributed by atoms with van der Waals surface area (Å²) in [4.78, 5) is 15.0. The number of nitrogens with two attached hydrogens (primary N) is 1. The zero-order valence-corrected chi connectivity index (χ0v) is 15.6. The monoisotopic (exact) mass is 366 g/mol. The number of rotatable bonds is 4.